The first kappa shape index (κ1) is 19.3. The van der Waals surface area contributed by atoms with Crippen LogP contribution in [0.15, 0.2) is 18.2 Å². The van der Waals surface area contributed by atoms with Gasteiger partial charge in [-0.15, -0.1) is 0 Å². The van der Waals surface area contributed by atoms with E-state index in [0.29, 0.717) is 42.2 Å². The van der Waals surface area contributed by atoms with Gasteiger partial charge in [0, 0.05) is 30.6 Å². The van der Waals surface area contributed by atoms with E-state index in [0.717, 1.165) is 44.6 Å². The quantitative estimate of drug-likeness (QED) is 0.776. The minimum atomic E-state index is -0.239. The minimum Gasteiger partial charge on any atom is -0.496 e. The Bertz CT molecular complexity index is 767. The third-order valence-electron chi connectivity index (χ3n) is 7.71. The molecule has 1 aromatic carbocycles. The lowest BCUT2D eigenvalue weighted by Gasteiger charge is -2.50. The van der Waals surface area contributed by atoms with Crippen molar-refractivity contribution in [2.75, 3.05) is 46.5 Å². The first-order chi connectivity index (χ1) is 14.1. The van der Waals surface area contributed by atoms with Crippen LogP contribution in [0.4, 0.5) is 4.39 Å². The number of piperidine rings is 1. The smallest absolute Gasteiger partial charge is 0.230 e. The van der Waals surface area contributed by atoms with Crippen LogP contribution in [0.25, 0.3) is 0 Å². The van der Waals surface area contributed by atoms with Gasteiger partial charge in [-0.05, 0) is 62.7 Å². The van der Waals surface area contributed by atoms with Crippen molar-refractivity contribution >= 4 is 5.91 Å². The summed E-state index contributed by atoms with van der Waals surface area (Å²) in [5, 5.41) is 0. The standard InChI is InChI=1S/C23H31FN2O3/c1-28-21-10-18(24)2-3-20(21)16-5-8-25(9-6-16)19-4-7-23(11-19)14-26(15-23)22(27)17-12-29-13-17/h2-3,10,16-17,19H,4-9,11-15H2,1H3. The second-order valence-electron chi connectivity index (χ2n) is 9.52. The average Bonchev–Trinajstić information content (AvgIpc) is 3.11. The summed E-state index contributed by atoms with van der Waals surface area (Å²) >= 11 is 0. The number of hydrogen-bond donors (Lipinski definition) is 0. The predicted octanol–water partition coefficient (Wildman–Crippen LogP) is 3.04. The SMILES string of the molecule is COc1cc(F)ccc1C1CCN(C2CCC3(C2)CN(C(=O)C2COC2)C3)CC1. The summed E-state index contributed by atoms with van der Waals surface area (Å²) in [6, 6.07) is 5.59. The summed E-state index contributed by atoms with van der Waals surface area (Å²) in [4.78, 5) is 17.1. The Labute approximate surface area is 172 Å². The predicted molar refractivity (Wildman–Crippen MR) is 107 cm³/mol. The van der Waals surface area contributed by atoms with E-state index >= 15 is 0 Å². The summed E-state index contributed by atoms with van der Waals surface area (Å²) in [5.74, 6) is 1.31. The van der Waals surface area contributed by atoms with Crippen LogP contribution in [0, 0.1) is 17.2 Å². The summed E-state index contributed by atoms with van der Waals surface area (Å²) < 4.78 is 24.1. The van der Waals surface area contributed by atoms with Crippen molar-refractivity contribution in [3.8, 4) is 5.75 Å². The molecular formula is C23H31FN2O3. The van der Waals surface area contributed by atoms with Gasteiger partial charge in [0.1, 0.15) is 11.6 Å². The molecule has 3 saturated heterocycles. The van der Waals surface area contributed by atoms with Gasteiger partial charge >= 0.3 is 0 Å². The molecule has 1 aliphatic carbocycles. The molecule has 0 aromatic heterocycles. The molecule has 1 unspecified atom stereocenters. The second-order valence-corrected chi connectivity index (χ2v) is 9.52. The fourth-order valence-electron chi connectivity index (χ4n) is 5.93. The molecule has 5 rings (SSSR count). The van der Waals surface area contributed by atoms with Crippen LogP contribution in [0.2, 0.25) is 0 Å². The van der Waals surface area contributed by atoms with Crippen LogP contribution in [0.5, 0.6) is 5.75 Å². The number of likely N-dealkylation sites (tertiary alicyclic amines) is 2. The lowest BCUT2D eigenvalue weighted by molar-refractivity contribution is -0.161. The van der Waals surface area contributed by atoms with Gasteiger partial charge in [-0.2, -0.15) is 0 Å². The molecule has 1 aromatic rings. The Morgan fingerprint density at radius 1 is 1.21 bits per heavy atom. The Morgan fingerprint density at radius 2 is 1.97 bits per heavy atom. The maximum absolute atomic E-state index is 13.5. The summed E-state index contributed by atoms with van der Waals surface area (Å²) in [6.45, 7) is 5.30. The van der Waals surface area contributed by atoms with Gasteiger partial charge in [0.2, 0.25) is 5.91 Å². The first-order valence-electron chi connectivity index (χ1n) is 11.0. The molecular weight excluding hydrogens is 371 g/mol. The molecule has 4 aliphatic rings. The first-order valence-corrected chi connectivity index (χ1v) is 11.0. The lowest BCUT2D eigenvalue weighted by atomic mass is 9.77. The summed E-state index contributed by atoms with van der Waals surface area (Å²) in [7, 11) is 1.62. The van der Waals surface area contributed by atoms with Crippen molar-refractivity contribution in [1.82, 2.24) is 9.80 Å². The van der Waals surface area contributed by atoms with Gasteiger partial charge in [0.05, 0.1) is 26.2 Å². The molecule has 158 valence electrons. The highest BCUT2D eigenvalue weighted by Gasteiger charge is 2.52. The maximum atomic E-state index is 13.5. The molecule has 1 saturated carbocycles. The zero-order valence-electron chi connectivity index (χ0n) is 17.2. The second kappa shape index (κ2) is 7.55. The van der Waals surface area contributed by atoms with Gasteiger partial charge in [-0.25, -0.2) is 4.39 Å². The highest BCUT2D eigenvalue weighted by molar-refractivity contribution is 5.80. The number of rotatable bonds is 4. The maximum Gasteiger partial charge on any atom is 0.230 e. The fraction of sp³-hybridized carbons (Fsp3) is 0.696. The van der Waals surface area contributed by atoms with Gasteiger partial charge in [-0.3, -0.25) is 4.79 Å². The number of carbonyl (C=O) groups is 1. The number of benzene rings is 1. The van der Waals surface area contributed by atoms with Crippen LogP contribution in [0.1, 0.15) is 43.6 Å². The minimum absolute atomic E-state index is 0.118. The van der Waals surface area contributed by atoms with Crippen molar-refractivity contribution in [2.24, 2.45) is 11.3 Å². The third-order valence-corrected chi connectivity index (χ3v) is 7.71. The van der Waals surface area contributed by atoms with Crippen LogP contribution in [0.3, 0.4) is 0 Å². The molecule has 0 radical (unpaired) electrons. The number of halogens is 1. The highest BCUT2D eigenvalue weighted by atomic mass is 19.1. The number of hydrogen-bond acceptors (Lipinski definition) is 4. The molecule has 1 amide bonds. The molecule has 0 N–H and O–H groups in total. The van der Waals surface area contributed by atoms with E-state index in [2.05, 4.69) is 9.80 Å². The zero-order valence-corrected chi connectivity index (χ0v) is 17.2. The monoisotopic (exact) mass is 402 g/mol. The van der Waals surface area contributed by atoms with Crippen LogP contribution in [-0.4, -0.2) is 68.3 Å². The Balaban J connectivity index is 1.13. The van der Waals surface area contributed by atoms with Crippen molar-refractivity contribution in [3.63, 3.8) is 0 Å². The van der Waals surface area contributed by atoms with Crippen LogP contribution in [-0.2, 0) is 9.53 Å². The van der Waals surface area contributed by atoms with Crippen molar-refractivity contribution in [2.45, 2.75) is 44.1 Å². The normalized spacial score (nSPS) is 27.7. The number of amides is 1. The average molecular weight is 403 g/mol. The summed E-state index contributed by atoms with van der Waals surface area (Å²) in [6.07, 6.45) is 5.91. The molecule has 1 spiro atoms. The topological polar surface area (TPSA) is 42.0 Å². The Kier molecular flexibility index (Phi) is 5.03. The van der Waals surface area contributed by atoms with E-state index < -0.39 is 0 Å². The summed E-state index contributed by atoms with van der Waals surface area (Å²) in [5.41, 5.74) is 1.51. The molecule has 0 bridgehead atoms. The van der Waals surface area contributed by atoms with Crippen LogP contribution < -0.4 is 4.74 Å². The molecule has 5 nitrogen and oxygen atoms in total. The van der Waals surface area contributed by atoms with E-state index in [1.165, 1.54) is 25.3 Å². The highest BCUT2D eigenvalue weighted by Crippen LogP contribution is 2.48. The molecule has 6 heteroatoms. The molecule has 1 atom stereocenters. The van der Waals surface area contributed by atoms with Crippen molar-refractivity contribution < 1.29 is 18.7 Å². The fourth-order valence-corrected chi connectivity index (χ4v) is 5.93. The zero-order chi connectivity index (χ0) is 20.0. The van der Waals surface area contributed by atoms with E-state index in [1.807, 2.05) is 6.07 Å². The van der Waals surface area contributed by atoms with Crippen LogP contribution >= 0.6 is 0 Å². The number of carbonyl (C=O) groups excluding carboxylic acids is 1. The molecule has 4 fully saturated rings. The molecule has 3 heterocycles. The number of nitrogens with zero attached hydrogens (tertiary/aromatic N) is 2. The third kappa shape index (κ3) is 3.55. The number of methoxy groups -OCH3 is 1. The number of ether oxygens (including phenoxy) is 2. The van der Waals surface area contributed by atoms with Crippen molar-refractivity contribution in [1.29, 1.82) is 0 Å². The van der Waals surface area contributed by atoms with Gasteiger partial charge in [-0.1, -0.05) is 6.07 Å². The molecule has 3 aliphatic heterocycles. The van der Waals surface area contributed by atoms with E-state index in [1.54, 1.807) is 13.2 Å². The van der Waals surface area contributed by atoms with E-state index in [4.69, 9.17) is 9.47 Å². The molecule has 29 heavy (non-hydrogen) atoms. The van der Waals surface area contributed by atoms with Gasteiger partial charge in [0.15, 0.2) is 0 Å². The Morgan fingerprint density at radius 3 is 2.62 bits per heavy atom. The largest absolute Gasteiger partial charge is 0.496 e. The van der Waals surface area contributed by atoms with E-state index in [-0.39, 0.29) is 11.7 Å². The van der Waals surface area contributed by atoms with Crippen molar-refractivity contribution in [3.05, 3.63) is 29.6 Å². The lowest BCUT2D eigenvalue weighted by Crippen LogP contribution is -2.61. The van der Waals surface area contributed by atoms with Gasteiger partial charge < -0.3 is 19.3 Å². The van der Waals surface area contributed by atoms with Gasteiger partial charge in [0.25, 0.3) is 0 Å². The Hall–Kier alpha value is -1.66. The van der Waals surface area contributed by atoms with E-state index in [9.17, 15) is 9.18 Å².